The van der Waals surface area contributed by atoms with Crippen LogP contribution in [0.5, 0.6) is 0 Å². The Kier molecular flexibility index (Phi) is 13.7. The molecule has 2 unspecified atom stereocenters. The van der Waals surface area contributed by atoms with Gasteiger partial charge in [-0.2, -0.15) is 0 Å². The van der Waals surface area contributed by atoms with Crippen LogP contribution in [0.2, 0.25) is 0 Å². The van der Waals surface area contributed by atoms with Gasteiger partial charge in [0.25, 0.3) is 0 Å². The Morgan fingerprint density at radius 3 is 1.81 bits per heavy atom. The lowest BCUT2D eigenvalue weighted by Gasteiger charge is -2.18. The fourth-order valence-electron chi connectivity index (χ4n) is 3.72. The number of halogens is 2. The van der Waals surface area contributed by atoms with Crippen molar-refractivity contribution in [3.63, 3.8) is 0 Å². The van der Waals surface area contributed by atoms with E-state index in [0.717, 1.165) is 63.7 Å². The first-order valence-electron chi connectivity index (χ1n) is 11.3. The van der Waals surface area contributed by atoms with Crippen LogP contribution in [-0.2, 0) is 12.8 Å². The van der Waals surface area contributed by atoms with Crippen LogP contribution in [0.15, 0.2) is 60.7 Å². The summed E-state index contributed by atoms with van der Waals surface area (Å²) in [6, 6.07) is 21.0. The van der Waals surface area contributed by atoms with Crippen LogP contribution >= 0.6 is 28.3 Å². The summed E-state index contributed by atoms with van der Waals surface area (Å²) < 4.78 is 0. The van der Waals surface area contributed by atoms with E-state index in [4.69, 9.17) is 5.11 Å². The minimum Gasteiger partial charge on any atom is -0.389 e. The van der Waals surface area contributed by atoms with Gasteiger partial charge in [0.2, 0.25) is 0 Å². The minimum atomic E-state index is -0.462. The summed E-state index contributed by atoms with van der Waals surface area (Å²) in [5, 5.41) is 23.1. The summed E-state index contributed by atoms with van der Waals surface area (Å²) in [6.07, 6.45) is 4.01. The van der Waals surface area contributed by atoms with E-state index in [-0.39, 0.29) is 12.4 Å². The standard InChI is InChI=1S/C13H19NO.C8H9Br.C5H11NO.ClH/c1-13(15)8-10-14(11-13)9-7-12-5-3-2-4-6-12;9-7-6-8-4-2-1-3-5-8;1-5(7)2-3-6-4-5;/h2-6,15H,7-11H2,1H3;1-5H,6-7H2;6-7H,2-4H2,1H3;1H. The number of β-amino-alcohol motifs (C(OH)–C–C–N with tert-alkyl or cyclic N) is 2. The summed E-state index contributed by atoms with van der Waals surface area (Å²) in [5.74, 6) is 0. The van der Waals surface area contributed by atoms with Crippen LogP contribution in [-0.4, -0.2) is 64.4 Å². The van der Waals surface area contributed by atoms with E-state index >= 15 is 0 Å². The van der Waals surface area contributed by atoms with Crippen molar-refractivity contribution in [2.24, 2.45) is 0 Å². The van der Waals surface area contributed by atoms with Crippen LogP contribution in [0.3, 0.4) is 0 Å². The van der Waals surface area contributed by atoms with Gasteiger partial charge in [-0.25, -0.2) is 0 Å². The molecule has 3 N–H and O–H groups in total. The van der Waals surface area contributed by atoms with Gasteiger partial charge in [-0.15, -0.1) is 12.4 Å². The topological polar surface area (TPSA) is 55.7 Å². The SMILES string of the molecule is BrCCc1ccccc1.CC1(O)CCN(CCc2ccccc2)C1.CC1(O)CCNC1.Cl. The minimum absolute atomic E-state index is 0. The molecule has 0 bridgehead atoms. The molecule has 0 spiro atoms. The molecule has 180 valence electrons. The van der Waals surface area contributed by atoms with Crippen molar-refractivity contribution in [1.29, 1.82) is 0 Å². The highest BCUT2D eigenvalue weighted by atomic mass is 79.9. The summed E-state index contributed by atoms with van der Waals surface area (Å²) in [4.78, 5) is 2.34. The first-order valence-corrected chi connectivity index (χ1v) is 12.4. The van der Waals surface area contributed by atoms with Crippen LogP contribution in [0.1, 0.15) is 37.8 Å². The number of rotatable bonds is 5. The first-order chi connectivity index (χ1) is 14.8. The van der Waals surface area contributed by atoms with Crippen molar-refractivity contribution in [2.75, 3.05) is 38.1 Å². The predicted molar refractivity (Wildman–Crippen MR) is 141 cm³/mol. The molecule has 6 heteroatoms. The monoisotopic (exact) mass is 526 g/mol. The summed E-state index contributed by atoms with van der Waals surface area (Å²) in [5.41, 5.74) is 1.90. The number of benzene rings is 2. The lowest BCUT2D eigenvalue weighted by atomic mass is 10.1. The number of aryl methyl sites for hydroxylation is 1. The highest BCUT2D eigenvalue weighted by Crippen LogP contribution is 2.20. The van der Waals surface area contributed by atoms with E-state index < -0.39 is 11.2 Å². The maximum Gasteiger partial charge on any atom is 0.0758 e. The van der Waals surface area contributed by atoms with Gasteiger partial charge in [0.15, 0.2) is 0 Å². The van der Waals surface area contributed by atoms with E-state index in [9.17, 15) is 5.11 Å². The number of nitrogens with one attached hydrogen (secondary N) is 1. The quantitative estimate of drug-likeness (QED) is 0.503. The predicted octanol–water partition coefficient (Wildman–Crippen LogP) is 4.46. The third kappa shape index (κ3) is 12.3. The van der Waals surface area contributed by atoms with Crippen molar-refractivity contribution >= 4 is 28.3 Å². The van der Waals surface area contributed by atoms with Gasteiger partial charge in [-0.05, 0) is 57.2 Å². The van der Waals surface area contributed by atoms with E-state index in [2.05, 4.69) is 74.7 Å². The van der Waals surface area contributed by atoms with Crippen molar-refractivity contribution in [3.05, 3.63) is 71.8 Å². The highest BCUT2D eigenvalue weighted by molar-refractivity contribution is 9.09. The molecule has 0 saturated carbocycles. The third-order valence-electron chi connectivity index (χ3n) is 5.66. The zero-order valence-corrected chi connectivity index (χ0v) is 21.9. The number of hydrogen-bond donors (Lipinski definition) is 3. The molecule has 2 aliphatic heterocycles. The molecule has 4 nitrogen and oxygen atoms in total. The van der Waals surface area contributed by atoms with Crippen molar-refractivity contribution in [1.82, 2.24) is 10.2 Å². The Balaban J connectivity index is 0.000000258. The lowest BCUT2D eigenvalue weighted by Crippen LogP contribution is -2.30. The normalized spacial score (nSPS) is 24.5. The summed E-state index contributed by atoms with van der Waals surface area (Å²) in [6.45, 7) is 8.41. The van der Waals surface area contributed by atoms with Crippen LogP contribution in [0, 0.1) is 0 Å². The zero-order chi connectivity index (χ0) is 22.6. The van der Waals surface area contributed by atoms with E-state index in [1.807, 2.05) is 26.0 Å². The fraction of sp³-hybridized carbons (Fsp3) is 0.538. The van der Waals surface area contributed by atoms with Crippen molar-refractivity contribution in [3.8, 4) is 0 Å². The summed E-state index contributed by atoms with van der Waals surface area (Å²) in [7, 11) is 0. The molecule has 32 heavy (non-hydrogen) atoms. The Labute approximate surface area is 209 Å². The van der Waals surface area contributed by atoms with Gasteiger partial charge in [0.05, 0.1) is 11.2 Å². The Bertz CT molecular complexity index is 721. The number of nitrogens with zero attached hydrogens (tertiary/aromatic N) is 1. The second-order valence-corrected chi connectivity index (χ2v) is 9.90. The molecule has 2 atom stereocenters. The fourth-order valence-corrected chi connectivity index (χ4v) is 4.18. The molecule has 0 amide bonds. The molecule has 0 aromatic heterocycles. The van der Waals surface area contributed by atoms with Crippen LogP contribution < -0.4 is 5.32 Å². The van der Waals surface area contributed by atoms with Crippen molar-refractivity contribution < 1.29 is 10.2 Å². The third-order valence-corrected chi connectivity index (χ3v) is 6.06. The average Bonchev–Trinajstić information content (AvgIpc) is 3.33. The first kappa shape index (κ1) is 29.1. The molecular formula is C26H40BrClN2O2. The molecule has 4 rings (SSSR count). The molecule has 2 saturated heterocycles. The molecule has 0 radical (unpaired) electrons. The molecule has 2 aromatic rings. The number of aliphatic hydroxyl groups is 2. The molecule has 2 heterocycles. The molecule has 2 aromatic carbocycles. The Morgan fingerprint density at radius 2 is 1.44 bits per heavy atom. The maximum atomic E-state index is 9.82. The van der Waals surface area contributed by atoms with E-state index in [0.29, 0.717) is 0 Å². The van der Waals surface area contributed by atoms with Crippen molar-refractivity contribution in [2.45, 2.75) is 50.7 Å². The van der Waals surface area contributed by atoms with Gasteiger partial charge in [-0.3, -0.25) is 0 Å². The van der Waals surface area contributed by atoms with Gasteiger partial charge < -0.3 is 20.4 Å². The maximum absolute atomic E-state index is 9.82. The second-order valence-electron chi connectivity index (χ2n) is 9.11. The molecular weight excluding hydrogens is 488 g/mol. The molecule has 2 aliphatic rings. The van der Waals surface area contributed by atoms with Gasteiger partial charge >= 0.3 is 0 Å². The van der Waals surface area contributed by atoms with Crippen LogP contribution in [0.4, 0.5) is 0 Å². The molecule has 2 fully saturated rings. The zero-order valence-electron chi connectivity index (χ0n) is 19.5. The number of likely N-dealkylation sites (tertiary alicyclic amines) is 1. The van der Waals surface area contributed by atoms with Crippen LogP contribution in [0.25, 0.3) is 0 Å². The second kappa shape index (κ2) is 15.0. The Morgan fingerprint density at radius 1 is 0.875 bits per heavy atom. The van der Waals surface area contributed by atoms with E-state index in [1.54, 1.807) is 0 Å². The number of alkyl halides is 1. The van der Waals surface area contributed by atoms with Gasteiger partial charge in [-0.1, -0.05) is 76.6 Å². The average molecular weight is 528 g/mol. The highest BCUT2D eigenvalue weighted by Gasteiger charge is 2.30. The Hall–Kier alpha value is -0.950. The summed E-state index contributed by atoms with van der Waals surface area (Å²) >= 11 is 3.39. The van der Waals surface area contributed by atoms with E-state index in [1.165, 1.54) is 11.1 Å². The molecule has 0 aliphatic carbocycles. The lowest BCUT2D eigenvalue weighted by molar-refractivity contribution is 0.0689. The smallest absolute Gasteiger partial charge is 0.0758 e. The number of hydrogen-bond acceptors (Lipinski definition) is 4. The van der Waals surface area contributed by atoms with Gasteiger partial charge in [0.1, 0.15) is 0 Å². The largest absolute Gasteiger partial charge is 0.389 e. The van der Waals surface area contributed by atoms with Gasteiger partial charge in [0, 0.05) is 31.5 Å².